The SMILES string of the molecule is CC(C)[C@@](C)(C#N)NC(=O)COC(=O)c1ccc[nH]1. The van der Waals surface area contributed by atoms with Gasteiger partial charge in [0.2, 0.25) is 0 Å². The van der Waals surface area contributed by atoms with Gasteiger partial charge in [-0.3, -0.25) is 4.79 Å². The van der Waals surface area contributed by atoms with E-state index in [2.05, 4.69) is 10.3 Å². The van der Waals surface area contributed by atoms with Gasteiger partial charge in [0.25, 0.3) is 5.91 Å². The van der Waals surface area contributed by atoms with E-state index in [4.69, 9.17) is 10.00 Å². The monoisotopic (exact) mass is 263 g/mol. The second kappa shape index (κ2) is 6.05. The molecule has 0 unspecified atom stereocenters. The van der Waals surface area contributed by atoms with E-state index in [1.807, 2.05) is 19.9 Å². The van der Waals surface area contributed by atoms with Crippen LogP contribution in [0, 0.1) is 17.2 Å². The van der Waals surface area contributed by atoms with Crippen molar-refractivity contribution in [2.45, 2.75) is 26.3 Å². The Morgan fingerprint density at radius 3 is 2.74 bits per heavy atom. The normalized spacial score (nSPS) is 13.4. The number of ether oxygens (including phenoxy) is 1. The fourth-order valence-electron chi connectivity index (χ4n) is 1.29. The molecule has 0 saturated heterocycles. The van der Waals surface area contributed by atoms with E-state index in [0.29, 0.717) is 0 Å². The number of hydrogen-bond donors (Lipinski definition) is 2. The molecule has 1 aromatic heterocycles. The Bertz CT molecular complexity index is 488. The zero-order chi connectivity index (χ0) is 14.5. The molecule has 0 spiro atoms. The number of nitrogens with one attached hydrogen (secondary N) is 2. The van der Waals surface area contributed by atoms with Crippen molar-refractivity contribution >= 4 is 11.9 Å². The van der Waals surface area contributed by atoms with Crippen LogP contribution in [-0.4, -0.2) is 29.0 Å². The molecule has 0 radical (unpaired) electrons. The molecule has 1 rings (SSSR count). The number of aromatic amines is 1. The molecule has 2 N–H and O–H groups in total. The maximum atomic E-state index is 11.6. The zero-order valence-electron chi connectivity index (χ0n) is 11.2. The minimum Gasteiger partial charge on any atom is -0.451 e. The Kier molecular flexibility index (Phi) is 4.70. The minimum absolute atomic E-state index is 0.0550. The van der Waals surface area contributed by atoms with Crippen LogP contribution in [0.5, 0.6) is 0 Å². The molecule has 0 aliphatic carbocycles. The molecule has 1 heterocycles. The smallest absolute Gasteiger partial charge is 0.355 e. The number of carbonyl (C=O) groups excluding carboxylic acids is 2. The average molecular weight is 263 g/mol. The molecule has 1 aromatic rings. The van der Waals surface area contributed by atoms with Gasteiger partial charge in [-0.15, -0.1) is 0 Å². The van der Waals surface area contributed by atoms with E-state index >= 15 is 0 Å². The lowest BCUT2D eigenvalue weighted by Gasteiger charge is -2.27. The molecule has 0 bridgehead atoms. The number of carbonyl (C=O) groups is 2. The number of H-pyrrole nitrogens is 1. The number of esters is 1. The first kappa shape index (κ1) is 14.8. The summed E-state index contributed by atoms with van der Waals surface area (Å²) < 4.78 is 4.83. The van der Waals surface area contributed by atoms with Crippen molar-refractivity contribution in [1.82, 2.24) is 10.3 Å². The Morgan fingerprint density at radius 1 is 1.58 bits per heavy atom. The number of hydrogen-bond acceptors (Lipinski definition) is 4. The van der Waals surface area contributed by atoms with Crippen LogP contribution < -0.4 is 5.32 Å². The molecular formula is C13H17N3O3. The van der Waals surface area contributed by atoms with Crippen molar-refractivity contribution in [3.63, 3.8) is 0 Å². The van der Waals surface area contributed by atoms with Crippen LogP contribution in [0.1, 0.15) is 31.3 Å². The van der Waals surface area contributed by atoms with Crippen LogP contribution in [0.4, 0.5) is 0 Å². The zero-order valence-corrected chi connectivity index (χ0v) is 11.2. The predicted molar refractivity (Wildman–Crippen MR) is 68.1 cm³/mol. The molecule has 0 saturated carbocycles. The van der Waals surface area contributed by atoms with Crippen molar-refractivity contribution in [2.24, 2.45) is 5.92 Å². The van der Waals surface area contributed by atoms with Crippen LogP contribution in [-0.2, 0) is 9.53 Å². The maximum absolute atomic E-state index is 11.6. The molecular weight excluding hydrogens is 246 g/mol. The Morgan fingerprint density at radius 2 is 2.26 bits per heavy atom. The van der Waals surface area contributed by atoms with Gasteiger partial charge in [-0.05, 0) is 25.0 Å². The van der Waals surface area contributed by atoms with Crippen LogP contribution in [0.25, 0.3) is 0 Å². The summed E-state index contributed by atoms with van der Waals surface area (Å²) in [7, 11) is 0. The van der Waals surface area contributed by atoms with Crippen LogP contribution in [0.15, 0.2) is 18.3 Å². The third kappa shape index (κ3) is 3.85. The van der Waals surface area contributed by atoms with Gasteiger partial charge < -0.3 is 15.0 Å². The van der Waals surface area contributed by atoms with E-state index < -0.39 is 24.0 Å². The Hall–Kier alpha value is -2.29. The maximum Gasteiger partial charge on any atom is 0.355 e. The number of nitriles is 1. The molecule has 0 fully saturated rings. The van der Waals surface area contributed by atoms with Crippen molar-refractivity contribution in [3.05, 3.63) is 24.0 Å². The summed E-state index contributed by atoms with van der Waals surface area (Å²) in [6.45, 7) is 4.87. The number of rotatable bonds is 5. The van der Waals surface area contributed by atoms with Crippen molar-refractivity contribution < 1.29 is 14.3 Å². The molecule has 6 heteroatoms. The fraction of sp³-hybridized carbons (Fsp3) is 0.462. The van der Waals surface area contributed by atoms with Gasteiger partial charge in [0.1, 0.15) is 11.2 Å². The third-order valence-electron chi connectivity index (χ3n) is 2.94. The molecule has 1 atom stereocenters. The van der Waals surface area contributed by atoms with Crippen LogP contribution >= 0.6 is 0 Å². The first-order valence-corrected chi connectivity index (χ1v) is 5.92. The molecule has 1 amide bonds. The number of aromatic nitrogens is 1. The molecule has 6 nitrogen and oxygen atoms in total. The second-order valence-corrected chi connectivity index (χ2v) is 4.68. The van der Waals surface area contributed by atoms with E-state index in [9.17, 15) is 9.59 Å². The summed E-state index contributed by atoms with van der Waals surface area (Å²) in [4.78, 5) is 25.8. The highest BCUT2D eigenvalue weighted by atomic mass is 16.5. The fourth-order valence-corrected chi connectivity index (χ4v) is 1.29. The highest BCUT2D eigenvalue weighted by Gasteiger charge is 2.30. The van der Waals surface area contributed by atoms with Gasteiger partial charge in [0.15, 0.2) is 6.61 Å². The van der Waals surface area contributed by atoms with Crippen LogP contribution in [0.2, 0.25) is 0 Å². The molecule has 102 valence electrons. The van der Waals surface area contributed by atoms with E-state index in [0.717, 1.165) is 0 Å². The average Bonchev–Trinajstić information content (AvgIpc) is 2.89. The summed E-state index contributed by atoms with van der Waals surface area (Å²) in [6, 6.07) is 5.25. The predicted octanol–water partition coefficient (Wildman–Crippen LogP) is 1.23. The summed E-state index contributed by atoms with van der Waals surface area (Å²) in [5, 5.41) is 11.6. The molecule has 0 aliphatic heterocycles. The van der Waals surface area contributed by atoms with Gasteiger partial charge in [-0.1, -0.05) is 13.8 Å². The van der Waals surface area contributed by atoms with Crippen molar-refractivity contribution in [1.29, 1.82) is 5.26 Å². The first-order chi connectivity index (χ1) is 8.89. The Labute approximate surface area is 111 Å². The van der Waals surface area contributed by atoms with Crippen molar-refractivity contribution in [2.75, 3.05) is 6.61 Å². The minimum atomic E-state index is -0.976. The topological polar surface area (TPSA) is 95.0 Å². The van der Waals surface area contributed by atoms with E-state index in [-0.39, 0.29) is 11.6 Å². The standard InChI is InChI=1S/C13H17N3O3/c1-9(2)13(3,8-14)16-11(17)7-19-12(18)10-5-4-6-15-10/h4-6,9,15H,7H2,1-3H3,(H,16,17)/t13-/m1/s1. The third-order valence-corrected chi connectivity index (χ3v) is 2.94. The van der Waals surface area contributed by atoms with Gasteiger partial charge >= 0.3 is 5.97 Å². The summed E-state index contributed by atoms with van der Waals surface area (Å²) in [5.41, 5.74) is -0.699. The number of nitrogens with zero attached hydrogens (tertiary/aromatic N) is 1. The van der Waals surface area contributed by atoms with Gasteiger partial charge in [-0.25, -0.2) is 4.79 Å². The van der Waals surface area contributed by atoms with Gasteiger partial charge in [0.05, 0.1) is 6.07 Å². The number of amides is 1. The highest BCUT2D eigenvalue weighted by molar-refractivity contribution is 5.89. The quantitative estimate of drug-likeness (QED) is 0.781. The first-order valence-electron chi connectivity index (χ1n) is 5.92. The van der Waals surface area contributed by atoms with E-state index in [1.54, 1.807) is 25.3 Å². The lowest BCUT2D eigenvalue weighted by Crippen LogP contribution is -2.50. The lowest BCUT2D eigenvalue weighted by molar-refractivity contribution is -0.125. The summed E-state index contributed by atoms with van der Waals surface area (Å²) >= 11 is 0. The summed E-state index contributed by atoms with van der Waals surface area (Å²) in [5.74, 6) is -1.17. The van der Waals surface area contributed by atoms with E-state index in [1.165, 1.54) is 0 Å². The second-order valence-electron chi connectivity index (χ2n) is 4.68. The molecule has 0 aliphatic rings. The molecule has 19 heavy (non-hydrogen) atoms. The van der Waals surface area contributed by atoms with Gasteiger partial charge in [-0.2, -0.15) is 5.26 Å². The Balaban J connectivity index is 2.49. The highest BCUT2D eigenvalue weighted by Crippen LogP contribution is 2.14. The van der Waals surface area contributed by atoms with Crippen molar-refractivity contribution in [3.8, 4) is 6.07 Å². The van der Waals surface area contributed by atoms with Crippen LogP contribution in [0.3, 0.4) is 0 Å². The van der Waals surface area contributed by atoms with Gasteiger partial charge in [0, 0.05) is 6.20 Å². The lowest BCUT2D eigenvalue weighted by atomic mass is 9.90. The largest absolute Gasteiger partial charge is 0.451 e. The summed E-state index contributed by atoms with van der Waals surface area (Å²) in [6.07, 6.45) is 1.59. The molecule has 0 aromatic carbocycles.